The molecule has 1 aromatic carbocycles. The van der Waals surface area contributed by atoms with E-state index in [9.17, 15) is 9.90 Å². The Labute approximate surface area is 190 Å². The molecule has 3 heterocycles. The first-order valence-corrected chi connectivity index (χ1v) is 11.9. The Morgan fingerprint density at radius 1 is 1.00 bits per heavy atom. The Kier molecular flexibility index (Phi) is 5.76. The number of piperazine rings is 1. The molecule has 0 radical (unpaired) electrons. The summed E-state index contributed by atoms with van der Waals surface area (Å²) < 4.78 is 0. The number of aliphatic hydroxyl groups excluding tert-OH is 1. The first-order chi connectivity index (χ1) is 15.5. The van der Waals surface area contributed by atoms with Crippen molar-refractivity contribution in [1.82, 2.24) is 14.9 Å². The number of carbonyl (C=O) groups excluding carboxylic acids is 1. The van der Waals surface area contributed by atoms with Crippen molar-refractivity contribution in [3.8, 4) is 0 Å². The van der Waals surface area contributed by atoms with Gasteiger partial charge >= 0.3 is 0 Å². The van der Waals surface area contributed by atoms with E-state index in [1.807, 2.05) is 17.9 Å². The molecule has 4 atom stereocenters. The minimum absolute atomic E-state index is 0.0273. The van der Waals surface area contributed by atoms with Crippen molar-refractivity contribution < 1.29 is 9.90 Å². The van der Waals surface area contributed by atoms with Crippen LogP contribution in [0.2, 0.25) is 0 Å². The third-order valence-corrected chi connectivity index (χ3v) is 7.62. The number of para-hydroxylation sites is 1. The summed E-state index contributed by atoms with van der Waals surface area (Å²) in [7, 11) is 0. The largest absolute Gasteiger partial charge is 0.393 e. The maximum absolute atomic E-state index is 13.2. The first-order valence-electron chi connectivity index (χ1n) is 11.9. The van der Waals surface area contributed by atoms with E-state index in [4.69, 9.17) is 4.98 Å². The average Bonchev–Trinajstić information content (AvgIpc) is 3.22. The number of benzene rings is 1. The van der Waals surface area contributed by atoms with Gasteiger partial charge in [-0.3, -0.25) is 4.79 Å². The third kappa shape index (κ3) is 4.06. The van der Waals surface area contributed by atoms with Crippen LogP contribution in [0, 0.1) is 24.7 Å². The van der Waals surface area contributed by atoms with Gasteiger partial charge in [-0.1, -0.05) is 25.1 Å². The van der Waals surface area contributed by atoms with Crippen LogP contribution in [-0.2, 0) is 0 Å². The van der Waals surface area contributed by atoms with Gasteiger partial charge in [-0.25, -0.2) is 9.97 Å². The highest BCUT2D eigenvalue weighted by Crippen LogP contribution is 2.39. The van der Waals surface area contributed by atoms with Crippen LogP contribution in [0.4, 0.5) is 11.6 Å². The lowest BCUT2D eigenvalue weighted by molar-refractivity contribution is 0.0383. The molecular formula is C25H33N5O2. The monoisotopic (exact) mass is 435 g/mol. The zero-order valence-corrected chi connectivity index (χ0v) is 19.0. The van der Waals surface area contributed by atoms with Crippen LogP contribution in [0.15, 0.2) is 36.5 Å². The van der Waals surface area contributed by atoms with E-state index >= 15 is 0 Å². The molecule has 1 N–H and O–H groups in total. The molecule has 3 aliphatic rings. The number of nitrogens with zero attached hydrogens (tertiary/aromatic N) is 5. The number of hydrogen-bond acceptors (Lipinski definition) is 6. The SMILES string of the molecule is Cc1nc(N2CCN(c3ccccc3)CC2)ncc1C(=O)N1CC2CC(C)C(O)CC2C1. The Balaban J connectivity index is 1.23. The molecule has 4 unspecified atom stereocenters. The Bertz CT molecular complexity index is 942. The van der Waals surface area contributed by atoms with E-state index in [2.05, 4.69) is 46.0 Å². The Morgan fingerprint density at radius 3 is 2.34 bits per heavy atom. The molecule has 3 fully saturated rings. The van der Waals surface area contributed by atoms with Crippen molar-refractivity contribution in [3.05, 3.63) is 47.8 Å². The lowest BCUT2D eigenvalue weighted by Crippen LogP contribution is -2.47. The van der Waals surface area contributed by atoms with Gasteiger partial charge in [0.1, 0.15) is 0 Å². The van der Waals surface area contributed by atoms with Gasteiger partial charge in [0.2, 0.25) is 5.95 Å². The number of amides is 1. The number of anilines is 2. The highest BCUT2D eigenvalue weighted by atomic mass is 16.3. The maximum atomic E-state index is 13.2. The molecule has 1 aliphatic carbocycles. The first kappa shape index (κ1) is 21.2. The van der Waals surface area contributed by atoms with Gasteiger partial charge in [-0.15, -0.1) is 0 Å². The minimum atomic E-state index is -0.238. The normalized spacial score (nSPS) is 28.0. The predicted octanol–water partition coefficient (Wildman–Crippen LogP) is 2.59. The van der Waals surface area contributed by atoms with Crippen molar-refractivity contribution in [3.63, 3.8) is 0 Å². The molecule has 7 nitrogen and oxygen atoms in total. The number of carbonyl (C=O) groups is 1. The van der Waals surface area contributed by atoms with Crippen molar-refractivity contribution in [1.29, 1.82) is 0 Å². The highest BCUT2D eigenvalue weighted by Gasteiger charge is 2.42. The molecule has 0 spiro atoms. The molecule has 5 rings (SSSR count). The van der Waals surface area contributed by atoms with Crippen LogP contribution >= 0.6 is 0 Å². The topological polar surface area (TPSA) is 72.8 Å². The summed E-state index contributed by atoms with van der Waals surface area (Å²) >= 11 is 0. The number of aryl methyl sites for hydroxylation is 1. The molecule has 2 aliphatic heterocycles. The van der Waals surface area contributed by atoms with Gasteiger partial charge in [-0.2, -0.15) is 0 Å². The predicted molar refractivity (Wildman–Crippen MR) is 125 cm³/mol. The molecular weight excluding hydrogens is 402 g/mol. The molecule has 7 heteroatoms. The minimum Gasteiger partial charge on any atom is -0.393 e. The number of aromatic nitrogens is 2. The van der Waals surface area contributed by atoms with E-state index in [0.717, 1.165) is 57.8 Å². The fourth-order valence-corrected chi connectivity index (χ4v) is 5.61. The van der Waals surface area contributed by atoms with E-state index in [1.54, 1.807) is 6.20 Å². The highest BCUT2D eigenvalue weighted by molar-refractivity contribution is 5.95. The summed E-state index contributed by atoms with van der Waals surface area (Å²) in [5.41, 5.74) is 2.59. The van der Waals surface area contributed by atoms with Crippen molar-refractivity contribution in [2.45, 2.75) is 32.8 Å². The molecule has 32 heavy (non-hydrogen) atoms. The average molecular weight is 436 g/mol. The van der Waals surface area contributed by atoms with Gasteiger partial charge in [0, 0.05) is 51.2 Å². The second-order valence-electron chi connectivity index (χ2n) is 9.73. The molecule has 1 saturated carbocycles. The number of aliphatic hydroxyl groups is 1. The molecule has 0 bridgehead atoms. The van der Waals surface area contributed by atoms with Gasteiger partial charge in [0.15, 0.2) is 0 Å². The van der Waals surface area contributed by atoms with Gasteiger partial charge < -0.3 is 19.8 Å². The van der Waals surface area contributed by atoms with Gasteiger partial charge in [0.25, 0.3) is 5.91 Å². The molecule has 1 aromatic heterocycles. The maximum Gasteiger partial charge on any atom is 0.257 e. The quantitative estimate of drug-likeness (QED) is 0.799. The molecule has 2 saturated heterocycles. The molecule has 170 valence electrons. The van der Waals surface area contributed by atoms with Crippen LogP contribution < -0.4 is 9.80 Å². The van der Waals surface area contributed by atoms with Crippen molar-refractivity contribution in [2.75, 3.05) is 49.1 Å². The van der Waals surface area contributed by atoms with E-state index in [0.29, 0.717) is 29.3 Å². The fourth-order valence-electron chi connectivity index (χ4n) is 5.61. The standard InChI is InChI=1S/C25H33N5O2/c1-17-12-19-15-30(16-20(19)13-23(17)31)24(32)22-14-26-25(27-18(22)2)29-10-8-28(9-11-29)21-6-4-3-5-7-21/h3-7,14,17,19-20,23,31H,8-13,15-16H2,1-2H3. The van der Waals surface area contributed by atoms with Crippen LogP contribution in [0.3, 0.4) is 0 Å². The Morgan fingerprint density at radius 2 is 1.66 bits per heavy atom. The van der Waals surface area contributed by atoms with Crippen LogP contribution in [0.25, 0.3) is 0 Å². The van der Waals surface area contributed by atoms with Crippen LogP contribution in [0.1, 0.15) is 35.8 Å². The molecule has 1 amide bonds. The molecule has 2 aromatic rings. The number of rotatable bonds is 3. The number of hydrogen-bond donors (Lipinski definition) is 1. The zero-order valence-electron chi connectivity index (χ0n) is 19.0. The summed E-state index contributed by atoms with van der Waals surface area (Å²) in [5, 5.41) is 10.2. The summed E-state index contributed by atoms with van der Waals surface area (Å²) in [5.74, 6) is 1.96. The van der Waals surface area contributed by atoms with Gasteiger partial charge in [-0.05, 0) is 49.7 Å². The number of fused-ring (bicyclic) bond motifs is 1. The smallest absolute Gasteiger partial charge is 0.257 e. The van der Waals surface area contributed by atoms with Crippen LogP contribution in [0.5, 0.6) is 0 Å². The summed E-state index contributed by atoms with van der Waals surface area (Å²) in [6.45, 7) is 9.10. The van der Waals surface area contributed by atoms with Crippen molar-refractivity contribution in [2.24, 2.45) is 17.8 Å². The van der Waals surface area contributed by atoms with Crippen LogP contribution in [-0.4, -0.2) is 71.3 Å². The second kappa shape index (κ2) is 8.70. The second-order valence-corrected chi connectivity index (χ2v) is 9.73. The fraction of sp³-hybridized carbons (Fsp3) is 0.560. The van der Waals surface area contributed by atoms with Gasteiger partial charge in [0.05, 0.1) is 17.4 Å². The third-order valence-electron chi connectivity index (χ3n) is 7.62. The Hall–Kier alpha value is -2.67. The summed E-state index contributed by atoms with van der Waals surface area (Å²) in [4.78, 5) is 29.0. The summed E-state index contributed by atoms with van der Waals surface area (Å²) in [6.07, 6.45) is 3.28. The van der Waals surface area contributed by atoms with Crippen molar-refractivity contribution >= 4 is 17.5 Å². The zero-order chi connectivity index (χ0) is 22.2. The van der Waals surface area contributed by atoms with E-state index < -0.39 is 0 Å². The van der Waals surface area contributed by atoms with E-state index in [-0.39, 0.29) is 12.0 Å². The number of likely N-dealkylation sites (tertiary alicyclic amines) is 1. The lowest BCUT2D eigenvalue weighted by Gasteiger charge is -2.36. The van der Waals surface area contributed by atoms with E-state index in [1.165, 1.54) is 5.69 Å². The summed E-state index contributed by atoms with van der Waals surface area (Å²) in [6, 6.07) is 10.5. The lowest BCUT2D eigenvalue weighted by atomic mass is 9.75.